The molecule has 2 aromatic carbocycles. The molecule has 1 aliphatic heterocycles. The Kier molecular flexibility index (Phi) is 3.35. The molecule has 1 amide bonds. The van der Waals surface area contributed by atoms with Crippen LogP contribution in [0.4, 0.5) is 5.95 Å². The lowest BCUT2D eigenvalue weighted by atomic mass is 9.94. The summed E-state index contributed by atoms with van der Waals surface area (Å²) in [4.78, 5) is 18.2. The van der Waals surface area contributed by atoms with E-state index in [1.165, 1.54) is 11.2 Å². The van der Waals surface area contributed by atoms with Crippen LogP contribution in [0.25, 0.3) is 5.57 Å². The Bertz CT molecular complexity index is 889. The highest BCUT2D eigenvalue weighted by molar-refractivity contribution is 6.15. The molecular formula is C18H14N4O2. The summed E-state index contributed by atoms with van der Waals surface area (Å²) in [6, 6.07) is 18.5. The SMILES string of the molecule is O=C1C(O)=C(c2ccccc2)C(c2ccccc2)N1c1ncn[nH]1. The average Bonchev–Trinajstić information content (AvgIpc) is 3.24. The number of carbonyl (C=O) groups is 1. The molecule has 24 heavy (non-hydrogen) atoms. The van der Waals surface area contributed by atoms with Crippen LogP contribution < -0.4 is 4.90 Å². The molecule has 0 saturated carbocycles. The fourth-order valence-corrected chi connectivity index (χ4v) is 3.00. The number of carbonyl (C=O) groups excluding carboxylic acids is 1. The molecule has 118 valence electrons. The van der Waals surface area contributed by atoms with Crippen LogP contribution in [0.2, 0.25) is 0 Å². The predicted molar refractivity (Wildman–Crippen MR) is 89.0 cm³/mol. The van der Waals surface area contributed by atoms with Crippen molar-refractivity contribution >= 4 is 17.4 Å². The Hall–Kier alpha value is -3.41. The van der Waals surface area contributed by atoms with Gasteiger partial charge in [-0.3, -0.25) is 9.69 Å². The third kappa shape index (κ3) is 2.16. The number of aromatic amines is 1. The van der Waals surface area contributed by atoms with E-state index in [1.807, 2.05) is 60.7 Å². The molecule has 0 saturated heterocycles. The van der Waals surface area contributed by atoms with Crippen LogP contribution in [0.15, 0.2) is 72.8 Å². The first-order valence-corrected chi connectivity index (χ1v) is 7.50. The molecule has 6 heteroatoms. The molecule has 2 N–H and O–H groups in total. The zero-order valence-electron chi connectivity index (χ0n) is 12.6. The van der Waals surface area contributed by atoms with E-state index in [9.17, 15) is 9.90 Å². The number of rotatable bonds is 3. The first-order valence-electron chi connectivity index (χ1n) is 7.50. The van der Waals surface area contributed by atoms with Crippen LogP contribution in [0.1, 0.15) is 17.2 Å². The molecule has 3 aromatic rings. The normalized spacial score (nSPS) is 17.6. The Morgan fingerprint density at radius 3 is 2.29 bits per heavy atom. The van der Waals surface area contributed by atoms with Crippen LogP contribution in [-0.2, 0) is 4.79 Å². The number of aromatic nitrogens is 3. The minimum absolute atomic E-state index is 0.272. The summed E-state index contributed by atoms with van der Waals surface area (Å²) in [5.41, 5.74) is 2.23. The molecule has 1 aromatic heterocycles. The van der Waals surface area contributed by atoms with Gasteiger partial charge < -0.3 is 5.11 Å². The second-order valence-corrected chi connectivity index (χ2v) is 5.43. The molecule has 1 atom stereocenters. The van der Waals surface area contributed by atoms with Crippen LogP contribution in [-0.4, -0.2) is 26.2 Å². The van der Waals surface area contributed by atoms with Crippen molar-refractivity contribution in [1.82, 2.24) is 15.2 Å². The zero-order chi connectivity index (χ0) is 16.5. The summed E-state index contributed by atoms with van der Waals surface area (Å²) in [6.45, 7) is 0. The van der Waals surface area contributed by atoms with Crippen molar-refractivity contribution in [3.8, 4) is 0 Å². The first-order chi connectivity index (χ1) is 11.8. The molecule has 0 fully saturated rings. The van der Waals surface area contributed by atoms with Gasteiger partial charge in [0.15, 0.2) is 5.76 Å². The van der Waals surface area contributed by atoms with E-state index in [2.05, 4.69) is 15.2 Å². The minimum atomic E-state index is -0.501. The van der Waals surface area contributed by atoms with Crippen molar-refractivity contribution in [1.29, 1.82) is 0 Å². The molecule has 0 aliphatic carbocycles. The summed E-state index contributed by atoms with van der Waals surface area (Å²) in [5.74, 6) is -0.475. The molecule has 1 unspecified atom stereocenters. The number of benzene rings is 2. The van der Waals surface area contributed by atoms with Gasteiger partial charge in [0.05, 0.1) is 6.04 Å². The summed E-state index contributed by atoms with van der Waals surface area (Å²) in [7, 11) is 0. The van der Waals surface area contributed by atoms with Gasteiger partial charge in [0.2, 0.25) is 5.95 Å². The van der Waals surface area contributed by atoms with Gasteiger partial charge in [-0.25, -0.2) is 5.10 Å². The van der Waals surface area contributed by atoms with Crippen molar-refractivity contribution in [3.05, 3.63) is 83.9 Å². The molecule has 6 nitrogen and oxygen atoms in total. The third-order valence-electron chi connectivity index (χ3n) is 4.04. The van der Waals surface area contributed by atoms with Gasteiger partial charge in [0.1, 0.15) is 6.33 Å². The molecule has 1 aliphatic rings. The van der Waals surface area contributed by atoms with Gasteiger partial charge in [0, 0.05) is 5.57 Å². The molecule has 4 rings (SSSR count). The molecule has 0 bridgehead atoms. The van der Waals surface area contributed by atoms with E-state index in [-0.39, 0.29) is 5.76 Å². The largest absolute Gasteiger partial charge is 0.503 e. The summed E-state index contributed by atoms with van der Waals surface area (Å²) < 4.78 is 0. The lowest BCUT2D eigenvalue weighted by Gasteiger charge is -2.24. The van der Waals surface area contributed by atoms with Gasteiger partial charge in [-0.2, -0.15) is 10.1 Å². The Morgan fingerprint density at radius 2 is 1.67 bits per heavy atom. The van der Waals surface area contributed by atoms with Crippen molar-refractivity contribution in [2.45, 2.75) is 6.04 Å². The maximum absolute atomic E-state index is 12.7. The highest BCUT2D eigenvalue weighted by atomic mass is 16.3. The standard InChI is InChI=1S/C18H14N4O2/c23-16-14(12-7-3-1-4-8-12)15(13-9-5-2-6-10-13)22(17(16)24)18-19-11-20-21-18/h1-11,15,23H,(H,19,20,21). The predicted octanol–water partition coefficient (Wildman–Crippen LogP) is 2.86. The number of aliphatic hydroxyl groups is 1. The van der Waals surface area contributed by atoms with Crippen LogP contribution in [0.3, 0.4) is 0 Å². The maximum Gasteiger partial charge on any atom is 0.296 e. The van der Waals surface area contributed by atoms with Crippen LogP contribution in [0.5, 0.6) is 0 Å². The summed E-state index contributed by atoms with van der Waals surface area (Å²) in [5, 5.41) is 17.1. The van der Waals surface area contributed by atoms with Gasteiger partial charge in [-0.1, -0.05) is 60.7 Å². The molecule has 0 radical (unpaired) electrons. The van der Waals surface area contributed by atoms with Crippen molar-refractivity contribution in [2.24, 2.45) is 0 Å². The molecule has 0 spiro atoms. The van der Waals surface area contributed by atoms with Crippen molar-refractivity contribution in [2.75, 3.05) is 4.90 Å². The highest BCUT2D eigenvalue weighted by Crippen LogP contribution is 2.43. The number of H-pyrrole nitrogens is 1. The number of aliphatic hydroxyl groups excluding tert-OH is 1. The second-order valence-electron chi connectivity index (χ2n) is 5.43. The van der Waals surface area contributed by atoms with E-state index in [0.29, 0.717) is 11.5 Å². The van der Waals surface area contributed by atoms with Crippen LogP contribution in [0, 0.1) is 0 Å². The number of hydrogen-bond acceptors (Lipinski definition) is 4. The van der Waals surface area contributed by atoms with E-state index in [1.54, 1.807) is 0 Å². The zero-order valence-corrected chi connectivity index (χ0v) is 12.6. The van der Waals surface area contributed by atoms with Crippen molar-refractivity contribution in [3.63, 3.8) is 0 Å². The van der Waals surface area contributed by atoms with Gasteiger partial charge in [0.25, 0.3) is 5.91 Å². The summed E-state index contributed by atoms with van der Waals surface area (Å²) >= 11 is 0. The smallest absolute Gasteiger partial charge is 0.296 e. The molecule has 2 heterocycles. The average molecular weight is 318 g/mol. The number of nitrogens with one attached hydrogen (secondary N) is 1. The lowest BCUT2D eigenvalue weighted by molar-refractivity contribution is -0.117. The Labute approximate surface area is 138 Å². The molecular weight excluding hydrogens is 304 g/mol. The number of hydrogen-bond donors (Lipinski definition) is 2. The van der Waals surface area contributed by atoms with Gasteiger partial charge in [-0.15, -0.1) is 0 Å². The first kappa shape index (κ1) is 14.2. The Morgan fingerprint density at radius 1 is 1.00 bits per heavy atom. The number of amides is 1. The van der Waals surface area contributed by atoms with Gasteiger partial charge in [-0.05, 0) is 11.1 Å². The van der Waals surface area contributed by atoms with Crippen molar-refractivity contribution < 1.29 is 9.90 Å². The van der Waals surface area contributed by atoms with Gasteiger partial charge >= 0.3 is 0 Å². The second kappa shape index (κ2) is 5.66. The van der Waals surface area contributed by atoms with E-state index >= 15 is 0 Å². The third-order valence-corrected chi connectivity index (χ3v) is 4.04. The van der Waals surface area contributed by atoms with E-state index in [0.717, 1.165) is 11.1 Å². The fourth-order valence-electron chi connectivity index (χ4n) is 3.00. The topological polar surface area (TPSA) is 82.1 Å². The highest BCUT2D eigenvalue weighted by Gasteiger charge is 2.43. The van der Waals surface area contributed by atoms with Crippen LogP contribution >= 0.6 is 0 Å². The lowest BCUT2D eigenvalue weighted by Crippen LogP contribution is -2.31. The Balaban J connectivity index is 1.92. The minimum Gasteiger partial charge on any atom is -0.503 e. The van der Waals surface area contributed by atoms with E-state index in [4.69, 9.17) is 0 Å². The number of anilines is 1. The number of nitrogens with zero attached hydrogens (tertiary/aromatic N) is 3. The quantitative estimate of drug-likeness (QED) is 0.778. The maximum atomic E-state index is 12.7. The fraction of sp³-hybridized carbons (Fsp3) is 0.0556. The van der Waals surface area contributed by atoms with E-state index < -0.39 is 11.9 Å². The summed E-state index contributed by atoms with van der Waals surface area (Å²) in [6.07, 6.45) is 1.34. The monoisotopic (exact) mass is 318 g/mol.